The lowest BCUT2D eigenvalue weighted by atomic mass is 9.87. The van der Waals surface area contributed by atoms with E-state index in [0.717, 1.165) is 32.1 Å². The van der Waals surface area contributed by atoms with Crippen molar-refractivity contribution in [3.63, 3.8) is 0 Å². The number of carbonyl (C=O) groups is 1. The van der Waals surface area contributed by atoms with Crippen LogP contribution in [0.15, 0.2) is 28.2 Å². The number of benzene rings is 1. The van der Waals surface area contributed by atoms with E-state index in [0.29, 0.717) is 0 Å². The van der Waals surface area contributed by atoms with E-state index in [1.165, 1.54) is 19.2 Å². The van der Waals surface area contributed by atoms with Gasteiger partial charge in [-0.1, -0.05) is 6.42 Å². The Morgan fingerprint density at radius 2 is 2.00 bits per heavy atom. The molecule has 1 aliphatic heterocycles. The fourth-order valence-electron chi connectivity index (χ4n) is 3.44. The van der Waals surface area contributed by atoms with Crippen molar-refractivity contribution in [3.8, 4) is 0 Å². The quantitative estimate of drug-likeness (QED) is 0.758. The molecule has 7 nitrogen and oxygen atoms in total. The summed E-state index contributed by atoms with van der Waals surface area (Å²) in [6, 6.07) is 4.29. The number of nitrogens with one attached hydrogen (secondary N) is 1. The molecule has 1 fully saturated rings. The van der Waals surface area contributed by atoms with Gasteiger partial charge in [0, 0.05) is 12.6 Å². The molecule has 5 N–H and O–H groups in total. The molecule has 24 heavy (non-hydrogen) atoms. The first-order valence-corrected chi connectivity index (χ1v) is 7.98. The molecule has 2 aliphatic rings. The Labute approximate surface area is 139 Å². The van der Waals surface area contributed by atoms with Crippen LogP contribution >= 0.6 is 0 Å². The van der Waals surface area contributed by atoms with Crippen LogP contribution in [0.2, 0.25) is 0 Å². The Bertz CT molecular complexity index is 723. The summed E-state index contributed by atoms with van der Waals surface area (Å²) in [5.41, 5.74) is 11.7. The van der Waals surface area contributed by atoms with E-state index < -0.39 is 11.5 Å². The molecule has 1 saturated carbocycles. The number of halogens is 1. The van der Waals surface area contributed by atoms with Gasteiger partial charge in [0.2, 0.25) is 11.9 Å². The predicted molar refractivity (Wildman–Crippen MR) is 91.3 cm³/mol. The van der Waals surface area contributed by atoms with Gasteiger partial charge in [-0.25, -0.2) is 9.38 Å². The molecule has 0 bridgehead atoms. The summed E-state index contributed by atoms with van der Waals surface area (Å²) in [6.07, 6.45) is 4.46. The number of anilines is 1. The van der Waals surface area contributed by atoms with E-state index in [1.54, 1.807) is 11.0 Å². The molecule has 0 saturated heterocycles. The normalized spacial score (nSPS) is 19.7. The van der Waals surface area contributed by atoms with Crippen molar-refractivity contribution >= 4 is 23.5 Å². The number of carbonyl (C=O) groups excluding carboxylic acids is 1. The summed E-state index contributed by atoms with van der Waals surface area (Å²) in [4.78, 5) is 21.8. The van der Waals surface area contributed by atoms with Crippen molar-refractivity contribution in [3.05, 3.63) is 29.6 Å². The van der Waals surface area contributed by atoms with Gasteiger partial charge in [0.15, 0.2) is 0 Å². The summed E-state index contributed by atoms with van der Waals surface area (Å²) in [5, 5.41) is 2.47. The van der Waals surface area contributed by atoms with E-state index in [-0.39, 0.29) is 29.1 Å². The van der Waals surface area contributed by atoms with Crippen LogP contribution < -0.4 is 21.7 Å². The zero-order valence-electron chi connectivity index (χ0n) is 13.6. The summed E-state index contributed by atoms with van der Waals surface area (Å²) < 4.78 is 14.7. The Morgan fingerprint density at radius 1 is 1.29 bits per heavy atom. The number of nitrogens with two attached hydrogens (primary N) is 2. The van der Waals surface area contributed by atoms with Crippen molar-refractivity contribution in [2.24, 2.45) is 21.5 Å². The molecule has 1 amide bonds. The summed E-state index contributed by atoms with van der Waals surface area (Å²) in [7, 11) is 1.50. The highest BCUT2D eigenvalue weighted by Crippen LogP contribution is 2.40. The Morgan fingerprint density at radius 3 is 2.62 bits per heavy atom. The first-order valence-electron chi connectivity index (χ1n) is 7.98. The van der Waals surface area contributed by atoms with Gasteiger partial charge in [-0.15, -0.1) is 0 Å². The molecule has 128 valence electrons. The third-order valence-corrected chi connectivity index (χ3v) is 4.53. The maximum absolute atomic E-state index is 14.7. The molecule has 1 heterocycles. The minimum absolute atomic E-state index is 0.119. The minimum Gasteiger partial charge on any atom is -0.369 e. The van der Waals surface area contributed by atoms with E-state index >= 15 is 0 Å². The van der Waals surface area contributed by atoms with Crippen LogP contribution in [0.3, 0.4) is 0 Å². The van der Waals surface area contributed by atoms with Crippen LogP contribution in [0.25, 0.3) is 0 Å². The van der Waals surface area contributed by atoms with E-state index in [1.807, 2.05) is 0 Å². The van der Waals surface area contributed by atoms with E-state index in [4.69, 9.17) is 11.5 Å². The zero-order valence-corrected chi connectivity index (χ0v) is 13.6. The maximum atomic E-state index is 14.7. The molecule has 8 heteroatoms. The number of hydrogen-bond acceptors (Lipinski definition) is 6. The van der Waals surface area contributed by atoms with Crippen molar-refractivity contribution in [1.29, 1.82) is 0 Å². The van der Waals surface area contributed by atoms with Crippen molar-refractivity contribution in [2.45, 2.75) is 37.8 Å². The third-order valence-electron chi connectivity index (χ3n) is 4.53. The number of hydrogen-bond donors (Lipinski definition) is 3. The predicted octanol–water partition coefficient (Wildman–Crippen LogP) is 1.30. The highest BCUT2D eigenvalue weighted by Gasteiger charge is 2.43. The van der Waals surface area contributed by atoms with Gasteiger partial charge >= 0.3 is 0 Å². The van der Waals surface area contributed by atoms with E-state index in [9.17, 15) is 9.18 Å². The molecule has 1 aliphatic carbocycles. The lowest BCUT2D eigenvalue weighted by molar-refractivity contribution is 0.0962. The van der Waals surface area contributed by atoms with Gasteiger partial charge < -0.3 is 16.8 Å². The Kier molecular flexibility index (Phi) is 4.13. The van der Waals surface area contributed by atoms with Crippen LogP contribution in [0.5, 0.6) is 0 Å². The average molecular weight is 332 g/mol. The second kappa shape index (κ2) is 6.10. The van der Waals surface area contributed by atoms with E-state index in [2.05, 4.69) is 15.3 Å². The third kappa shape index (κ3) is 2.68. The second-order valence-electron chi connectivity index (χ2n) is 6.06. The van der Waals surface area contributed by atoms with Crippen LogP contribution in [0, 0.1) is 5.82 Å². The lowest BCUT2D eigenvalue weighted by Crippen LogP contribution is -2.58. The smallest absolute Gasteiger partial charge is 0.251 e. The fourth-order valence-corrected chi connectivity index (χ4v) is 3.44. The van der Waals surface area contributed by atoms with Crippen LogP contribution in [0.1, 0.15) is 42.5 Å². The van der Waals surface area contributed by atoms with Gasteiger partial charge in [-0.3, -0.25) is 9.69 Å². The monoisotopic (exact) mass is 332 g/mol. The first-order chi connectivity index (χ1) is 11.5. The maximum Gasteiger partial charge on any atom is 0.251 e. The van der Waals surface area contributed by atoms with Gasteiger partial charge in [0.25, 0.3) is 5.91 Å². The number of guanidine groups is 2. The summed E-state index contributed by atoms with van der Waals surface area (Å²) in [5.74, 6) is -0.658. The molecule has 1 aromatic carbocycles. The molecular weight excluding hydrogens is 311 g/mol. The number of aliphatic imine (C=N–C) groups is 2. The topological polar surface area (TPSA) is 109 Å². The molecule has 0 atom stereocenters. The van der Waals surface area contributed by atoms with Crippen LogP contribution in [0.4, 0.5) is 10.1 Å². The van der Waals surface area contributed by atoms with Gasteiger partial charge in [-0.05, 0) is 43.9 Å². The lowest BCUT2D eigenvalue weighted by Gasteiger charge is -2.45. The molecule has 1 aromatic rings. The molecule has 0 aromatic heterocycles. The van der Waals surface area contributed by atoms with Crippen molar-refractivity contribution in [1.82, 2.24) is 5.32 Å². The van der Waals surface area contributed by atoms with Gasteiger partial charge in [0.1, 0.15) is 11.5 Å². The standard InChI is InChI=1S/C16H21FN6O/c1-20-13(24)10-5-6-12(11(17)9-10)23-15(19)21-14(18)22-16(23)7-3-2-4-8-16/h5-6,9H,2-4,7-8H2,1H3,(H,20,24)(H4,18,19,21,22). The number of amides is 1. The zero-order chi connectivity index (χ0) is 17.3. The highest BCUT2D eigenvalue weighted by atomic mass is 19.1. The van der Waals surface area contributed by atoms with Crippen LogP contribution in [-0.4, -0.2) is 30.5 Å². The van der Waals surface area contributed by atoms with Crippen molar-refractivity contribution < 1.29 is 9.18 Å². The van der Waals surface area contributed by atoms with Crippen LogP contribution in [-0.2, 0) is 0 Å². The highest BCUT2D eigenvalue weighted by molar-refractivity contribution is 6.06. The molecule has 0 radical (unpaired) electrons. The number of rotatable bonds is 2. The SMILES string of the molecule is CNC(=O)c1ccc(N2C(N)=NC(N)=NC23CCCCC3)c(F)c1. The number of nitrogens with zero attached hydrogens (tertiary/aromatic N) is 3. The molecule has 1 spiro atoms. The average Bonchev–Trinajstić information content (AvgIpc) is 2.55. The summed E-state index contributed by atoms with van der Waals surface area (Å²) >= 11 is 0. The largest absolute Gasteiger partial charge is 0.369 e. The first kappa shape index (κ1) is 16.2. The van der Waals surface area contributed by atoms with Gasteiger partial charge in [0.05, 0.1) is 5.69 Å². The van der Waals surface area contributed by atoms with Gasteiger partial charge in [-0.2, -0.15) is 4.99 Å². The Hall–Kier alpha value is -2.64. The summed E-state index contributed by atoms with van der Waals surface area (Å²) in [6.45, 7) is 0. The molecule has 3 rings (SSSR count). The molecular formula is C16H21FN6O. The molecule has 0 unspecified atom stereocenters. The Balaban J connectivity index is 2.05. The second-order valence-corrected chi connectivity index (χ2v) is 6.06. The van der Waals surface area contributed by atoms with Crippen molar-refractivity contribution in [2.75, 3.05) is 11.9 Å². The minimum atomic E-state index is -0.705. The fraction of sp³-hybridized carbons (Fsp3) is 0.438.